The molecule has 7 heteroatoms. The molecule has 3 unspecified atom stereocenters. The number of thiazole rings is 1. The minimum atomic E-state index is -0.0419. The maximum atomic E-state index is 12.4. The number of carbonyl (C=O) groups is 1. The van der Waals surface area contributed by atoms with Gasteiger partial charge in [0, 0.05) is 31.1 Å². The lowest BCUT2D eigenvalue weighted by molar-refractivity contribution is -0.120. The molecule has 1 aromatic heterocycles. The summed E-state index contributed by atoms with van der Waals surface area (Å²) in [4.78, 5) is 22.7. The van der Waals surface area contributed by atoms with Gasteiger partial charge < -0.3 is 4.90 Å². The average Bonchev–Trinajstić information content (AvgIpc) is 2.88. The quantitative estimate of drug-likeness (QED) is 0.797. The molecule has 120 valence electrons. The first-order valence-electron chi connectivity index (χ1n) is 7.08. The largest absolute Gasteiger partial charge is 0.304 e. The third kappa shape index (κ3) is 3.73. The molecule has 4 nitrogen and oxygen atoms in total. The molecule has 1 amide bonds. The van der Waals surface area contributed by atoms with Gasteiger partial charge in [-0.25, -0.2) is 4.98 Å². The number of aromatic nitrogens is 1. The number of amides is 1. The number of halogens is 1. The maximum Gasteiger partial charge on any atom is 0.231 e. The monoisotopic (exact) mass is 357 g/mol. The summed E-state index contributed by atoms with van der Waals surface area (Å²) in [6.45, 7) is 4.06. The van der Waals surface area contributed by atoms with E-state index in [4.69, 9.17) is 11.6 Å². The summed E-state index contributed by atoms with van der Waals surface area (Å²) in [5.74, 6) is 1.26. The first-order chi connectivity index (χ1) is 10.5. The van der Waals surface area contributed by atoms with Crippen molar-refractivity contribution in [1.29, 1.82) is 0 Å². The predicted molar refractivity (Wildman–Crippen MR) is 97.6 cm³/mol. The predicted octanol–water partition coefficient (Wildman–Crippen LogP) is 4.08. The number of hydrogen-bond acceptors (Lipinski definition) is 5. The summed E-state index contributed by atoms with van der Waals surface area (Å²) in [5.41, 5.74) is 0. The molecule has 0 fully saturated rings. The highest BCUT2D eigenvalue weighted by molar-refractivity contribution is 7.98. The molecule has 0 aliphatic carbocycles. The summed E-state index contributed by atoms with van der Waals surface area (Å²) in [6, 6.07) is 0. The minimum Gasteiger partial charge on any atom is -0.304 e. The lowest BCUT2D eigenvalue weighted by Crippen LogP contribution is -2.32. The van der Waals surface area contributed by atoms with Gasteiger partial charge in [-0.05, 0) is 12.2 Å². The normalized spacial score (nSPS) is 21.9. The number of thioether (sulfide) groups is 1. The number of carbonyl (C=O) groups excluding carboxylic acids is 1. The highest BCUT2D eigenvalue weighted by Gasteiger charge is 2.27. The van der Waals surface area contributed by atoms with Crippen LogP contribution in [0.4, 0.5) is 5.00 Å². The molecule has 2 heterocycles. The SMILES string of the molecule is CSCC(C)C(=O)N(C)c1sc(C2C=NC=CC2C)nc1Cl. The van der Waals surface area contributed by atoms with Crippen LogP contribution in [0.25, 0.3) is 0 Å². The number of nitrogens with zero attached hydrogens (tertiary/aromatic N) is 3. The summed E-state index contributed by atoms with van der Waals surface area (Å²) in [6.07, 6.45) is 7.74. The molecule has 0 radical (unpaired) electrons. The van der Waals surface area contributed by atoms with E-state index < -0.39 is 0 Å². The number of allylic oxidation sites excluding steroid dienone is 1. The highest BCUT2D eigenvalue weighted by atomic mass is 35.5. The molecular weight excluding hydrogens is 338 g/mol. The smallest absolute Gasteiger partial charge is 0.231 e. The van der Waals surface area contributed by atoms with Gasteiger partial charge in [0.15, 0.2) is 5.15 Å². The van der Waals surface area contributed by atoms with Gasteiger partial charge in [0.2, 0.25) is 5.91 Å². The number of aliphatic imine (C=N–C) groups is 1. The molecule has 1 aliphatic rings. The molecule has 3 atom stereocenters. The zero-order chi connectivity index (χ0) is 16.3. The van der Waals surface area contributed by atoms with Gasteiger partial charge in [0.05, 0.1) is 5.92 Å². The van der Waals surface area contributed by atoms with Crippen molar-refractivity contribution >= 4 is 51.8 Å². The molecule has 2 rings (SSSR count). The third-order valence-electron chi connectivity index (χ3n) is 3.63. The number of rotatable bonds is 5. The van der Waals surface area contributed by atoms with Gasteiger partial charge in [-0.2, -0.15) is 11.8 Å². The van der Waals surface area contributed by atoms with E-state index in [0.29, 0.717) is 16.1 Å². The topological polar surface area (TPSA) is 45.6 Å². The number of hydrogen-bond donors (Lipinski definition) is 0. The van der Waals surface area contributed by atoms with Crippen LogP contribution >= 0.6 is 34.7 Å². The van der Waals surface area contributed by atoms with E-state index >= 15 is 0 Å². The van der Waals surface area contributed by atoms with Crippen molar-refractivity contribution in [3.8, 4) is 0 Å². The van der Waals surface area contributed by atoms with Crippen molar-refractivity contribution in [2.75, 3.05) is 24.0 Å². The molecule has 0 bridgehead atoms. The first kappa shape index (κ1) is 17.5. The fourth-order valence-corrected chi connectivity index (χ4v) is 4.41. The van der Waals surface area contributed by atoms with E-state index in [-0.39, 0.29) is 17.7 Å². The van der Waals surface area contributed by atoms with E-state index in [1.54, 1.807) is 29.9 Å². The molecule has 0 aromatic carbocycles. The van der Waals surface area contributed by atoms with Crippen molar-refractivity contribution in [2.45, 2.75) is 19.8 Å². The Morgan fingerprint density at radius 1 is 1.59 bits per heavy atom. The maximum absolute atomic E-state index is 12.4. The Morgan fingerprint density at radius 2 is 2.32 bits per heavy atom. The van der Waals surface area contributed by atoms with Gasteiger partial charge >= 0.3 is 0 Å². The summed E-state index contributed by atoms with van der Waals surface area (Å²) in [7, 11) is 1.76. The van der Waals surface area contributed by atoms with Crippen LogP contribution in [-0.4, -0.2) is 36.2 Å². The van der Waals surface area contributed by atoms with Crippen molar-refractivity contribution in [2.24, 2.45) is 16.8 Å². The molecule has 0 saturated heterocycles. The second kappa shape index (κ2) is 7.62. The summed E-state index contributed by atoms with van der Waals surface area (Å²) in [5, 5.41) is 2.00. The van der Waals surface area contributed by atoms with Gasteiger partial charge in [0.25, 0.3) is 0 Å². The van der Waals surface area contributed by atoms with Crippen molar-refractivity contribution in [3.63, 3.8) is 0 Å². The molecule has 22 heavy (non-hydrogen) atoms. The zero-order valence-electron chi connectivity index (χ0n) is 13.1. The Balaban J connectivity index is 2.21. The molecular formula is C15H20ClN3OS2. The van der Waals surface area contributed by atoms with Gasteiger partial charge in [0.1, 0.15) is 10.0 Å². The zero-order valence-corrected chi connectivity index (χ0v) is 15.5. The van der Waals surface area contributed by atoms with Crippen molar-refractivity contribution < 1.29 is 4.79 Å². The van der Waals surface area contributed by atoms with Crippen LogP contribution in [0.15, 0.2) is 17.3 Å². The minimum absolute atomic E-state index is 0.0419. The highest BCUT2D eigenvalue weighted by Crippen LogP contribution is 2.38. The van der Waals surface area contributed by atoms with E-state index in [2.05, 4.69) is 23.0 Å². The van der Waals surface area contributed by atoms with Gasteiger partial charge in [-0.15, -0.1) is 0 Å². The van der Waals surface area contributed by atoms with Gasteiger partial charge in [-0.3, -0.25) is 9.79 Å². The van der Waals surface area contributed by atoms with Crippen LogP contribution in [0.2, 0.25) is 5.15 Å². The second-order valence-electron chi connectivity index (χ2n) is 5.43. The van der Waals surface area contributed by atoms with Crippen molar-refractivity contribution in [3.05, 3.63) is 22.4 Å². The Morgan fingerprint density at radius 3 is 2.95 bits per heavy atom. The average molecular weight is 358 g/mol. The van der Waals surface area contributed by atoms with Crippen LogP contribution in [0, 0.1) is 11.8 Å². The first-order valence-corrected chi connectivity index (χ1v) is 9.67. The standard InChI is InChI=1S/C15H20ClN3OS2/c1-9-5-6-17-7-11(9)13-18-12(16)15(22-13)19(3)14(20)10(2)8-21-4/h5-7,9-11H,8H2,1-4H3. The van der Waals surface area contributed by atoms with Crippen LogP contribution in [0.5, 0.6) is 0 Å². The van der Waals surface area contributed by atoms with E-state index in [1.807, 2.05) is 19.4 Å². The lowest BCUT2D eigenvalue weighted by atomic mass is 9.94. The molecule has 0 saturated carbocycles. The van der Waals surface area contributed by atoms with E-state index in [0.717, 1.165) is 10.8 Å². The van der Waals surface area contributed by atoms with E-state index in [1.165, 1.54) is 11.3 Å². The Bertz CT molecular complexity index is 600. The lowest BCUT2D eigenvalue weighted by Gasteiger charge is -2.19. The van der Waals surface area contributed by atoms with Crippen LogP contribution in [-0.2, 0) is 4.79 Å². The molecule has 0 N–H and O–H groups in total. The number of anilines is 1. The fourth-order valence-electron chi connectivity index (χ4n) is 2.28. The van der Waals surface area contributed by atoms with Crippen molar-refractivity contribution in [1.82, 2.24) is 4.98 Å². The Kier molecular flexibility index (Phi) is 6.06. The second-order valence-corrected chi connectivity index (χ2v) is 7.70. The van der Waals surface area contributed by atoms with E-state index in [9.17, 15) is 4.79 Å². The Hall–Kier alpha value is -0.850. The summed E-state index contributed by atoms with van der Waals surface area (Å²) < 4.78 is 0. The molecule has 1 aromatic rings. The van der Waals surface area contributed by atoms with Crippen LogP contribution in [0.1, 0.15) is 24.8 Å². The van der Waals surface area contributed by atoms with Crippen LogP contribution < -0.4 is 4.90 Å². The van der Waals surface area contributed by atoms with Gasteiger partial charge in [-0.1, -0.05) is 42.9 Å². The molecule has 1 aliphatic heterocycles. The third-order valence-corrected chi connectivity index (χ3v) is 6.08. The summed E-state index contributed by atoms with van der Waals surface area (Å²) >= 11 is 9.41. The Labute approximate surface area is 144 Å². The van der Waals surface area contributed by atoms with Crippen LogP contribution in [0.3, 0.4) is 0 Å². The molecule has 0 spiro atoms. The fraction of sp³-hybridized carbons (Fsp3) is 0.533.